The summed E-state index contributed by atoms with van der Waals surface area (Å²) in [6.07, 6.45) is 2.15. The van der Waals surface area contributed by atoms with E-state index in [4.69, 9.17) is 5.11 Å². The highest BCUT2D eigenvalue weighted by atomic mass is 16.4. The van der Waals surface area contributed by atoms with Crippen molar-refractivity contribution in [1.29, 1.82) is 0 Å². The highest BCUT2D eigenvalue weighted by Crippen LogP contribution is 2.45. The Morgan fingerprint density at radius 2 is 1.60 bits per heavy atom. The van der Waals surface area contributed by atoms with Gasteiger partial charge < -0.3 is 10.4 Å². The molecule has 30 heavy (non-hydrogen) atoms. The van der Waals surface area contributed by atoms with Crippen LogP contribution in [0.15, 0.2) is 72.8 Å². The number of aromatic carboxylic acids is 1. The lowest BCUT2D eigenvalue weighted by Crippen LogP contribution is -2.27. The van der Waals surface area contributed by atoms with Crippen LogP contribution in [0, 0.1) is 0 Å². The SMILES string of the molecule is CC1(C)CCC(c2ccccc2)c2cc(C(=O)Nc3ccc(C(=O)O)cc3)ccc21. The fourth-order valence-corrected chi connectivity index (χ4v) is 4.33. The van der Waals surface area contributed by atoms with E-state index in [0.717, 1.165) is 12.8 Å². The maximum atomic E-state index is 12.9. The molecule has 1 aliphatic carbocycles. The van der Waals surface area contributed by atoms with E-state index in [1.807, 2.05) is 18.2 Å². The van der Waals surface area contributed by atoms with Gasteiger partial charge in [0.1, 0.15) is 0 Å². The maximum Gasteiger partial charge on any atom is 0.335 e. The zero-order valence-corrected chi connectivity index (χ0v) is 17.2. The standard InChI is InChI=1S/C26H25NO3/c1-26(2)15-14-21(17-6-4-3-5-7-17)22-16-19(10-13-23(22)26)24(28)27-20-11-8-18(9-12-20)25(29)30/h3-13,16,21H,14-15H2,1-2H3,(H,27,28)(H,29,30). The van der Waals surface area contributed by atoms with Crippen molar-refractivity contribution in [3.8, 4) is 0 Å². The van der Waals surface area contributed by atoms with E-state index >= 15 is 0 Å². The Kier molecular flexibility index (Phi) is 5.17. The maximum absolute atomic E-state index is 12.9. The Labute approximate surface area is 176 Å². The van der Waals surface area contributed by atoms with Crippen LogP contribution in [0.25, 0.3) is 0 Å². The molecule has 0 saturated heterocycles. The second kappa shape index (κ2) is 7.79. The van der Waals surface area contributed by atoms with E-state index in [2.05, 4.69) is 49.5 Å². The average molecular weight is 399 g/mol. The summed E-state index contributed by atoms with van der Waals surface area (Å²) in [7, 11) is 0. The number of anilines is 1. The van der Waals surface area contributed by atoms with E-state index in [9.17, 15) is 9.59 Å². The van der Waals surface area contributed by atoms with Crippen molar-refractivity contribution in [2.45, 2.75) is 38.0 Å². The number of carboxylic acid groups (broad SMARTS) is 1. The Bertz CT molecular complexity index is 1090. The molecule has 1 amide bonds. The smallest absolute Gasteiger partial charge is 0.335 e. The number of rotatable bonds is 4. The molecule has 4 heteroatoms. The molecule has 0 spiro atoms. The third-order valence-corrected chi connectivity index (χ3v) is 6.07. The van der Waals surface area contributed by atoms with Gasteiger partial charge in [0.25, 0.3) is 5.91 Å². The van der Waals surface area contributed by atoms with Gasteiger partial charge in [-0.25, -0.2) is 4.79 Å². The fourth-order valence-electron chi connectivity index (χ4n) is 4.33. The first-order chi connectivity index (χ1) is 14.3. The van der Waals surface area contributed by atoms with Crippen LogP contribution < -0.4 is 5.32 Å². The molecule has 0 aliphatic heterocycles. The third-order valence-electron chi connectivity index (χ3n) is 6.07. The largest absolute Gasteiger partial charge is 0.478 e. The predicted molar refractivity (Wildman–Crippen MR) is 118 cm³/mol. The van der Waals surface area contributed by atoms with E-state index in [1.54, 1.807) is 12.1 Å². The van der Waals surface area contributed by atoms with Crippen LogP contribution in [0.2, 0.25) is 0 Å². The molecular formula is C26H25NO3. The first kappa shape index (κ1) is 19.9. The minimum Gasteiger partial charge on any atom is -0.478 e. The van der Waals surface area contributed by atoms with Gasteiger partial charge >= 0.3 is 5.97 Å². The van der Waals surface area contributed by atoms with Gasteiger partial charge in [-0.15, -0.1) is 0 Å². The van der Waals surface area contributed by atoms with Gasteiger partial charge in [-0.05, 0) is 71.3 Å². The molecule has 4 nitrogen and oxygen atoms in total. The van der Waals surface area contributed by atoms with Gasteiger partial charge in [0.15, 0.2) is 0 Å². The van der Waals surface area contributed by atoms with Crippen LogP contribution in [0.5, 0.6) is 0 Å². The fraction of sp³-hybridized carbons (Fsp3) is 0.231. The number of carbonyl (C=O) groups is 2. The summed E-state index contributed by atoms with van der Waals surface area (Å²) in [6, 6.07) is 22.6. The van der Waals surface area contributed by atoms with Crippen LogP contribution in [-0.4, -0.2) is 17.0 Å². The number of hydrogen-bond donors (Lipinski definition) is 2. The number of carboxylic acids is 1. The molecule has 4 rings (SSSR count). The number of carbonyl (C=O) groups excluding carboxylic acids is 1. The zero-order valence-electron chi connectivity index (χ0n) is 17.2. The minimum absolute atomic E-state index is 0.0717. The molecule has 0 aromatic heterocycles. The summed E-state index contributed by atoms with van der Waals surface area (Å²) in [5.74, 6) is -0.912. The molecule has 2 N–H and O–H groups in total. The Hall–Kier alpha value is -3.40. The van der Waals surface area contributed by atoms with Crippen molar-refractivity contribution < 1.29 is 14.7 Å². The normalized spacial score (nSPS) is 17.1. The Morgan fingerprint density at radius 3 is 2.27 bits per heavy atom. The van der Waals surface area contributed by atoms with Gasteiger partial charge in [0.05, 0.1) is 5.56 Å². The van der Waals surface area contributed by atoms with Gasteiger partial charge in [-0.3, -0.25) is 4.79 Å². The molecule has 0 radical (unpaired) electrons. The summed E-state index contributed by atoms with van der Waals surface area (Å²) >= 11 is 0. The lowest BCUT2D eigenvalue weighted by Gasteiger charge is -2.37. The van der Waals surface area contributed by atoms with Crippen LogP contribution >= 0.6 is 0 Å². The molecule has 0 heterocycles. The van der Waals surface area contributed by atoms with Crippen molar-refractivity contribution in [3.63, 3.8) is 0 Å². The third kappa shape index (κ3) is 3.86. The van der Waals surface area contributed by atoms with Crippen molar-refractivity contribution in [2.75, 3.05) is 5.32 Å². The summed E-state index contributed by atoms with van der Waals surface area (Å²) < 4.78 is 0. The molecular weight excluding hydrogens is 374 g/mol. The van der Waals surface area contributed by atoms with Crippen LogP contribution in [-0.2, 0) is 5.41 Å². The van der Waals surface area contributed by atoms with Crippen LogP contribution in [0.3, 0.4) is 0 Å². The Morgan fingerprint density at radius 1 is 0.933 bits per heavy atom. The monoisotopic (exact) mass is 399 g/mol. The Balaban J connectivity index is 1.65. The van der Waals surface area contributed by atoms with Gasteiger partial charge in [0, 0.05) is 17.2 Å². The van der Waals surface area contributed by atoms with Crippen molar-refractivity contribution in [1.82, 2.24) is 0 Å². The van der Waals surface area contributed by atoms with Gasteiger partial charge in [-0.1, -0.05) is 50.2 Å². The van der Waals surface area contributed by atoms with Crippen LogP contribution in [0.4, 0.5) is 5.69 Å². The number of hydrogen-bond acceptors (Lipinski definition) is 2. The van der Waals surface area contributed by atoms with E-state index in [1.165, 1.54) is 28.8 Å². The lowest BCUT2D eigenvalue weighted by molar-refractivity contribution is 0.0696. The van der Waals surface area contributed by atoms with Gasteiger partial charge in [0.2, 0.25) is 0 Å². The lowest BCUT2D eigenvalue weighted by atomic mass is 9.67. The molecule has 1 atom stereocenters. The second-order valence-electron chi connectivity index (χ2n) is 8.52. The molecule has 0 bridgehead atoms. The number of nitrogens with one attached hydrogen (secondary N) is 1. The summed E-state index contributed by atoms with van der Waals surface area (Å²) in [4.78, 5) is 23.9. The quantitative estimate of drug-likeness (QED) is 0.579. The molecule has 3 aromatic rings. The van der Waals surface area contributed by atoms with Crippen LogP contribution in [0.1, 0.15) is 70.0 Å². The average Bonchev–Trinajstić information content (AvgIpc) is 2.74. The van der Waals surface area contributed by atoms with Crippen molar-refractivity contribution >= 4 is 17.6 Å². The molecule has 0 fully saturated rings. The summed E-state index contributed by atoms with van der Waals surface area (Å²) in [5, 5.41) is 11.9. The molecule has 152 valence electrons. The molecule has 1 aliphatic rings. The minimum atomic E-state index is -0.989. The highest BCUT2D eigenvalue weighted by Gasteiger charge is 2.33. The predicted octanol–water partition coefficient (Wildman–Crippen LogP) is 5.84. The van der Waals surface area contributed by atoms with Gasteiger partial charge in [-0.2, -0.15) is 0 Å². The zero-order chi connectivity index (χ0) is 21.3. The van der Waals surface area contributed by atoms with Crippen molar-refractivity contribution in [2.24, 2.45) is 0 Å². The molecule has 1 unspecified atom stereocenters. The van der Waals surface area contributed by atoms with E-state index in [0.29, 0.717) is 11.3 Å². The number of amides is 1. The number of benzene rings is 3. The molecule has 0 saturated carbocycles. The first-order valence-electron chi connectivity index (χ1n) is 10.2. The second-order valence-corrected chi connectivity index (χ2v) is 8.52. The van der Waals surface area contributed by atoms with E-state index < -0.39 is 5.97 Å². The summed E-state index contributed by atoms with van der Waals surface area (Å²) in [5.41, 5.74) is 5.22. The number of fused-ring (bicyclic) bond motifs is 1. The highest BCUT2D eigenvalue weighted by molar-refractivity contribution is 6.04. The van der Waals surface area contributed by atoms with Crippen molar-refractivity contribution in [3.05, 3.63) is 101 Å². The first-order valence-corrected chi connectivity index (χ1v) is 10.2. The topological polar surface area (TPSA) is 66.4 Å². The molecule has 3 aromatic carbocycles. The summed E-state index contributed by atoms with van der Waals surface area (Å²) in [6.45, 7) is 4.52. The van der Waals surface area contributed by atoms with E-state index in [-0.39, 0.29) is 22.8 Å².